The van der Waals surface area contributed by atoms with Gasteiger partial charge in [-0.3, -0.25) is 4.90 Å². The van der Waals surface area contributed by atoms with Crippen molar-refractivity contribution in [2.75, 3.05) is 13.1 Å². The fraction of sp³-hybridized carbons (Fsp3) is 0.625. The molecule has 0 bridgehead atoms. The summed E-state index contributed by atoms with van der Waals surface area (Å²) in [6.45, 7) is 4.18. The van der Waals surface area contributed by atoms with Crippen molar-refractivity contribution in [2.45, 2.75) is 51.1 Å². The zero-order valence-electron chi connectivity index (χ0n) is 11.5. The van der Waals surface area contributed by atoms with Gasteiger partial charge in [0.25, 0.3) is 0 Å². The molecule has 18 heavy (non-hydrogen) atoms. The lowest BCUT2D eigenvalue weighted by atomic mass is 9.99. The molecule has 1 fully saturated rings. The lowest BCUT2D eigenvalue weighted by molar-refractivity contribution is 0.137. The van der Waals surface area contributed by atoms with Gasteiger partial charge in [0, 0.05) is 12.1 Å². The molecule has 1 aromatic carbocycles. The van der Waals surface area contributed by atoms with E-state index in [4.69, 9.17) is 5.73 Å². The maximum absolute atomic E-state index is 5.83. The second kappa shape index (κ2) is 6.91. The first-order valence-corrected chi connectivity index (χ1v) is 7.37. The van der Waals surface area contributed by atoms with E-state index in [1.54, 1.807) is 0 Å². The van der Waals surface area contributed by atoms with E-state index < -0.39 is 0 Å². The predicted octanol–water partition coefficient (Wildman–Crippen LogP) is 3.34. The molecule has 1 aliphatic carbocycles. The highest BCUT2D eigenvalue weighted by atomic mass is 15.2. The second-order valence-electron chi connectivity index (χ2n) is 5.27. The average Bonchev–Trinajstić information content (AvgIpc) is 2.94. The van der Waals surface area contributed by atoms with Crippen molar-refractivity contribution in [3.63, 3.8) is 0 Å². The van der Waals surface area contributed by atoms with Gasteiger partial charge in [0.1, 0.15) is 0 Å². The molecule has 1 atom stereocenters. The maximum atomic E-state index is 5.83. The van der Waals surface area contributed by atoms with Crippen molar-refractivity contribution in [2.24, 2.45) is 5.73 Å². The van der Waals surface area contributed by atoms with Gasteiger partial charge in [0.05, 0.1) is 0 Å². The number of rotatable bonds is 6. The third-order valence-electron chi connectivity index (χ3n) is 4.18. The molecule has 2 nitrogen and oxygen atoms in total. The van der Waals surface area contributed by atoms with Crippen LogP contribution in [0.1, 0.15) is 50.6 Å². The van der Waals surface area contributed by atoms with Crippen LogP contribution in [0.2, 0.25) is 0 Å². The maximum Gasteiger partial charge on any atom is 0.0362 e. The highest BCUT2D eigenvalue weighted by Crippen LogP contribution is 2.32. The Hall–Kier alpha value is -0.860. The molecule has 0 saturated heterocycles. The number of hydrogen-bond donors (Lipinski definition) is 1. The summed E-state index contributed by atoms with van der Waals surface area (Å²) in [6.07, 6.45) is 6.58. The number of benzene rings is 1. The first-order valence-electron chi connectivity index (χ1n) is 7.37. The van der Waals surface area contributed by atoms with Crippen molar-refractivity contribution in [3.05, 3.63) is 35.9 Å². The van der Waals surface area contributed by atoms with Crippen molar-refractivity contribution >= 4 is 0 Å². The highest BCUT2D eigenvalue weighted by molar-refractivity contribution is 5.19. The van der Waals surface area contributed by atoms with E-state index >= 15 is 0 Å². The lowest BCUT2D eigenvalue weighted by Gasteiger charge is -2.36. The molecule has 1 saturated carbocycles. The van der Waals surface area contributed by atoms with Gasteiger partial charge in [-0.15, -0.1) is 0 Å². The molecule has 1 aliphatic rings. The largest absolute Gasteiger partial charge is 0.330 e. The summed E-state index contributed by atoms with van der Waals surface area (Å²) in [5.74, 6) is 0. The van der Waals surface area contributed by atoms with Gasteiger partial charge in [-0.25, -0.2) is 0 Å². The van der Waals surface area contributed by atoms with Crippen LogP contribution in [0.3, 0.4) is 0 Å². The van der Waals surface area contributed by atoms with Crippen LogP contribution in [0.5, 0.6) is 0 Å². The van der Waals surface area contributed by atoms with Crippen LogP contribution < -0.4 is 5.73 Å². The van der Waals surface area contributed by atoms with E-state index in [2.05, 4.69) is 42.2 Å². The smallest absolute Gasteiger partial charge is 0.0362 e. The quantitative estimate of drug-likeness (QED) is 0.834. The Morgan fingerprint density at radius 3 is 2.44 bits per heavy atom. The van der Waals surface area contributed by atoms with Crippen LogP contribution in [-0.2, 0) is 0 Å². The number of hydrogen-bond acceptors (Lipinski definition) is 2. The predicted molar refractivity (Wildman–Crippen MR) is 77.5 cm³/mol. The number of nitrogens with two attached hydrogens (primary N) is 1. The molecule has 0 radical (unpaired) electrons. The van der Waals surface area contributed by atoms with Crippen LogP contribution in [0.4, 0.5) is 0 Å². The molecule has 0 heterocycles. The first kappa shape index (κ1) is 13.6. The molecule has 2 rings (SSSR count). The summed E-state index contributed by atoms with van der Waals surface area (Å²) in [6, 6.07) is 12.1. The van der Waals surface area contributed by atoms with E-state index in [0.717, 1.165) is 25.6 Å². The third kappa shape index (κ3) is 3.12. The molecule has 2 heteroatoms. The minimum Gasteiger partial charge on any atom is -0.330 e. The average molecular weight is 246 g/mol. The van der Waals surface area contributed by atoms with Crippen LogP contribution in [0, 0.1) is 0 Å². The van der Waals surface area contributed by atoms with Gasteiger partial charge in [-0.05, 0) is 37.9 Å². The van der Waals surface area contributed by atoms with Crippen molar-refractivity contribution in [3.8, 4) is 0 Å². The molecular formula is C16H26N2. The Morgan fingerprint density at radius 2 is 1.89 bits per heavy atom. The van der Waals surface area contributed by atoms with Crippen LogP contribution in [0.15, 0.2) is 30.3 Å². The lowest BCUT2D eigenvalue weighted by Crippen LogP contribution is -2.37. The Labute approximate surface area is 111 Å². The standard InChI is InChI=1S/C16H26N2/c1-2-18(15-10-6-7-11-15)16(12-13-17)14-8-4-3-5-9-14/h3-5,8-9,15-16H,2,6-7,10-13,17H2,1H3. The summed E-state index contributed by atoms with van der Waals surface area (Å²) in [4.78, 5) is 2.68. The van der Waals surface area contributed by atoms with Gasteiger partial charge in [0.2, 0.25) is 0 Å². The van der Waals surface area contributed by atoms with Crippen LogP contribution in [0.25, 0.3) is 0 Å². The van der Waals surface area contributed by atoms with Crippen molar-refractivity contribution < 1.29 is 0 Å². The van der Waals surface area contributed by atoms with Gasteiger partial charge in [-0.1, -0.05) is 50.1 Å². The Morgan fingerprint density at radius 1 is 1.22 bits per heavy atom. The Kier molecular flexibility index (Phi) is 5.21. The minimum atomic E-state index is 0.504. The molecule has 0 aromatic heterocycles. The highest BCUT2D eigenvalue weighted by Gasteiger charge is 2.27. The number of nitrogens with zero attached hydrogens (tertiary/aromatic N) is 1. The van der Waals surface area contributed by atoms with E-state index in [-0.39, 0.29) is 0 Å². The molecule has 1 unspecified atom stereocenters. The fourth-order valence-electron chi connectivity index (χ4n) is 3.33. The zero-order valence-corrected chi connectivity index (χ0v) is 11.5. The van der Waals surface area contributed by atoms with E-state index in [9.17, 15) is 0 Å². The Bertz CT molecular complexity index is 330. The summed E-state index contributed by atoms with van der Waals surface area (Å²) in [7, 11) is 0. The SMILES string of the molecule is CCN(C1CCCC1)C(CCN)c1ccccc1. The third-order valence-corrected chi connectivity index (χ3v) is 4.18. The van der Waals surface area contributed by atoms with Crippen LogP contribution >= 0.6 is 0 Å². The summed E-state index contributed by atoms with van der Waals surface area (Å²) in [5.41, 5.74) is 7.26. The van der Waals surface area contributed by atoms with Gasteiger partial charge < -0.3 is 5.73 Å². The summed E-state index contributed by atoms with van der Waals surface area (Å²) in [5, 5.41) is 0. The van der Waals surface area contributed by atoms with Gasteiger partial charge in [0.15, 0.2) is 0 Å². The molecule has 1 aromatic rings. The van der Waals surface area contributed by atoms with Gasteiger partial charge >= 0.3 is 0 Å². The topological polar surface area (TPSA) is 29.3 Å². The zero-order chi connectivity index (χ0) is 12.8. The van der Waals surface area contributed by atoms with Crippen molar-refractivity contribution in [1.82, 2.24) is 4.90 Å². The Balaban J connectivity index is 2.16. The van der Waals surface area contributed by atoms with E-state index in [1.807, 2.05) is 0 Å². The van der Waals surface area contributed by atoms with Crippen LogP contribution in [-0.4, -0.2) is 24.0 Å². The summed E-state index contributed by atoms with van der Waals surface area (Å²) < 4.78 is 0. The molecule has 0 aliphatic heterocycles. The molecule has 0 amide bonds. The summed E-state index contributed by atoms with van der Waals surface area (Å²) >= 11 is 0. The van der Waals surface area contributed by atoms with E-state index in [1.165, 1.54) is 31.2 Å². The molecule has 2 N–H and O–H groups in total. The van der Waals surface area contributed by atoms with Crippen molar-refractivity contribution in [1.29, 1.82) is 0 Å². The normalized spacial score (nSPS) is 18.4. The van der Waals surface area contributed by atoms with Gasteiger partial charge in [-0.2, -0.15) is 0 Å². The monoisotopic (exact) mass is 246 g/mol. The molecular weight excluding hydrogens is 220 g/mol. The molecule has 0 spiro atoms. The second-order valence-corrected chi connectivity index (χ2v) is 5.27. The first-order chi connectivity index (χ1) is 8.86. The van der Waals surface area contributed by atoms with E-state index in [0.29, 0.717) is 6.04 Å². The fourth-order valence-corrected chi connectivity index (χ4v) is 3.33. The minimum absolute atomic E-state index is 0.504. The molecule has 100 valence electrons.